The van der Waals surface area contributed by atoms with Crippen molar-refractivity contribution < 1.29 is 13.2 Å². The molecule has 20 heavy (non-hydrogen) atoms. The standard InChI is InChI=1S/C14H18N2O3S/c1-14(2,9-15)10-16-20(17,18)12-5-6-13-11(8-12)4-3-7-19-13/h5-6,8,16H,3-4,7,10H2,1-2H3. The fraction of sp³-hybridized carbons (Fsp3) is 0.500. The summed E-state index contributed by atoms with van der Waals surface area (Å²) < 4.78 is 32.4. The first-order valence-electron chi connectivity index (χ1n) is 6.51. The lowest BCUT2D eigenvalue weighted by atomic mass is 9.97. The third-order valence-corrected chi connectivity index (χ3v) is 4.60. The third kappa shape index (κ3) is 3.30. The predicted molar refractivity (Wildman–Crippen MR) is 74.8 cm³/mol. The van der Waals surface area contributed by atoms with Crippen LogP contribution in [0.4, 0.5) is 0 Å². The van der Waals surface area contributed by atoms with Crippen molar-refractivity contribution in [2.24, 2.45) is 5.41 Å². The van der Waals surface area contributed by atoms with Crippen molar-refractivity contribution in [2.45, 2.75) is 31.6 Å². The van der Waals surface area contributed by atoms with Gasteiger partial charge in [0.05, 0.1) is 23.0 Å². The third-order valence-electron chi connectivity index (χ3n) is 3.20. The molecular weight excluding hydrogens is 276 g/mol. The Hall–Kier alpha value is -1.58. The Morgan fingerprint density at radius 3 is 2.90 bits per heavy atom. The highest BCUT2D eigenvalue weighted by atomic mass is 32.2. The van der Waals surface area contributed by atoms with Gasteiger partial charge in [-0.05, 0) is 50.5 Å². The van der Waals surface area contributed by atoms with Crippen molar-refractivity contribution in [1.82, 2.24) is 4.72 Å². The molecule has 2 rings (SSSR count). The summed E-state index contributed by atoms with van der Waals surface area (Å²) in [4.78, 5) is 0.218. The number of benzene rings is 1. The van der Waals surface area contributed by atoms with Crippen LogP contribution in [-0.2, 0) is 16.4 Å². The molecule has 0 atom stereocenters. The van der Waals surface area contributed by atoms with Crippen molar-refractivity contribution in [2.75, 3.05) is 13.2 Å². The first-order chi connectivity index (χ1) is 9.34. The second kappa shape index (κ2) is 5.43. The van der Waals surface area contributed by atoms with Crippen LogP contribution >= 0.6 is 0 Å². The molecule has 0 unspecified atom stereocenters. The van der Waals surface area contributed by atoms with Gasteiger partial charge in [0, 0.05) is 6.54 Å². The van der Waals surface area contributed by atoms with E-state index in [4.69, 9.17) is 10.00 Å². The van der Waals surface area contributed by atoms with E-state index in [0.29, 0.717) is 6.61 Å². The molecule has 1 aromatic carbocycles. The van der Waals surface area contributed by atoms with Crippen molar-refractivity contribution in [3.8, 4) is 11.8 Å². The molecule has 0 saturated heterocycles. The molecule has 0 aliphatic carbocycles. The number of aryl methyl sites for hydroxylation is 1. The Labute approximate surface area is 119 Å². The number of rotatable bonds is 4. The highest BCUT2D eigenvalue weighted by molar-refractivity contribution is 7.89. The van der Waals surface area contributed by atoms with Crippen molar-refractivity contribution in [3.05, 3.63) is 23.8 Å². The molecule has 1 aromatic rings. The van der Waals surface area contributed by atoms with E-state index in [-0.39, 0.29) is 11.4 Å². The van der Waals surface area contributed by atoms with E-state index in [1.807, 2.05) is 0 Å². The van der Waals surface area contributed by atoms with E-state index in [1.54, 1.807) is 26.0 Å². The summed E-state index contributed by atoms with van der Waals surface area (Å²) in [6, 6.07) is 6.94. The Morgan fingerprint density at radius 1 is 1.45 bits per heavy atom. The van der Waals surface area contributed by atoms with Crippen LogP contribution in [0, 0.1) is 16.7 Å². The molecule has 0 spiro atoms. The van der Waals surface area contributed by atoms with Crippen LogP contribution in [0.3, 0.4) is 0 Å². The predicted octanol–water partition coefficient (Wildman–Crippen LogP) is 1.84. The molecule has 0 bridgehead atoms. The zero-order valence-electron chi connectivity index (χ0n) is 11.6. The van der Waals surface area contributed by atoms with Crippen LogP contribution in [0.1, 0.15) is 25.8 Å². The van der Waals surface area contributed by atoms with Crippen molar-refractivity contribution in [1.29, 1.82) is 5.26 Å². The molecule has 0 fully saturated rings. The van der Waals surface area contributed by atoms with Crippen LogP contribution in [0.25, 0.3) is 0 Å². The second-order valence-electron chi connectivity index (χ2n) is 5.54. The van der Waals surface area contributed by atoms with Crippen LogP contribution in [0.2, 0.25) is 0 Å². The number of fused-ring (bicyclic) bond motifs is 1. The van der Waals surface area contributed by atoms with Crippen LogP contribution in [0.5, 0.6) is 5.75 Å². The molecule has 5 nitrogen and oxygen atoms in total. The van der Waals surface area contributed by atoms with E-state index >= 15 is 0 Å². The summed E-state index contributed by atoms with van der Waals surface area (Å²) in [6.07, 6.45) is 1.72. The molecule has 108 valence electrons. The molecule has 0 aromatic heterocycles. The quantitative estimate of drug-likeness (QED) is 0.919. The topological polar surface area (TPSA) is 79.2 Å². The van der Waals surface area contributed by atoms with E-state index < -0.39 is 15.4 Å². The summed E-state index contributed by atoms with van der Waals surface area (Å²) in [5, 5.41) is 8.92. The highest BCUT2D eigenvalue weighted by Gasteiger charge is 2.23. The fourth-order valence-electron chi connectivity index (χ4n) is 1.90. The maximum Gasteiger partial charge on any atom is 0.240 e. The molecule has 1 N–H and O–H groups in total. The maximum absolute atomic E-state index is 12.2. The van der Waals surface area contributed by atoms with Gasteiger partial charge in [-0.2, -0.15) is 5.26 Å². The largest absolute Gasteiger partial charge is 0.493 e. The SMILES string of the molecule is CC(C)(C#N)CNS(=O)(=O)c1ccc2c(c1)CCCO2. The van der Waals surface area contributed by atoms with Crippen LogP contribution < -0.4 is 9.46 Å². The lowest BCUT2D eigenvalue weighted by molar-refractivity contribution is 0.288. The zero-order chi connectivity index (χ0) is 14.8. The summed E-state index contributed by atoms with van der Waals surface area (Å²) in [5.41, 5.74) is 0.184. The Kier molecular flexibility index (Phi) is 4.02. The molecule has 0 saturated carbocycles. The number of ether oxygens (including phenoxy) is 1. The lowest BCUT2D eigenvalue weighted by Crippen LogP contribution is -2.33. The van der Waals surface area contributed by atoms with Crippen LogP contribution in [0.15, 0.2) is 23.1 Å². The van der Waals surface area contributed by atoms with E-state index in [1.165, 1.54) is 6.07 Å². The molecular formula is C14H18N2O3S. The number of hydrogen-bond donors (Lipinski definition) is 1. The van der Waals surface area contributed by atoms with Crippen molar-refractivity contribution in [3.63, 3.8) is 0 Å². The maximum atomic E-state index is 12.2. The van der Waals surface area contributed by atoms with Gasteiger partial charge in [-0.1, -0.05) is 0 Å². The lowest BCUT2D eigenvalue weighted by Gasteiger charge is -2.19. The number of sulfonamides is 1. The minimum atomic E-state index is -3.59. The van der Waals surface area contributed by atoms with Gasteiger partial charge in [0.1, 0.15) is 5.75 Å². The van der Waals surface area contributed by atoms with Crippen molar-refractivity contribution >= 4 is 10.0 Å². The van der Waals surface area contributed by atoms with Crippen LogP contribution in [-0.4, -0.2) is 21.6 Å². The first-order valence-corrected chi connectivity index (χ1v) is 7.99. The summed E-state index contributed by atoms with van der Waals surface area (Å²) in [6.45, 7) is 4.14. The Morgan fingerprint density at radius 2 is 2.20 bits per heavy atom. The van der Waals surface area contributed by atoms with Gasteiger partial charge < -0.3 is 4.74 Å². The zero-order valence-corrected chi connectivity index (χ0v) is 12.5. The highest BCUT2D eigenvalue weighted by Crippen LogP contribution is 2.27. The normalized spacial score (nSPS) is 15.1. The number of nitrogens with one attached hydrogen (secondary N) is 1. The van der Waals surface area contributed by atoms with Gasteiger partial charge >= 0.3 is 0 Å². The monoisotopic (exact) mass is 294 g/mol. The number of nitrogens with zero attached hydrogens (tertiary/aromatic N) is 1. The fourth-order valence-corrected chi connectivity index (χ4v) is 3.16. The molecule has 6 heteroatoms. The summed E-state index contributed by atoms with van der Waals surface area (Å²) in [7, 11) is -3.59. The minimum absolute atomic E-state index is 0.0828. The average Bonchev–Trinajstić information content (AvgIpc) is 2.45. The molecule has 1 aliphatic heterocycles. The first kappa shape index (κ1) is 14.8. The molecule has 1 heterocycles. The smallest absolute Gasteiger partial charge is 0.240 e. The summed E-state index contributed by atoms with van der Waals surface area (Å²) in [5.74, 6) is 0.757. The molecule has 1 aliphatic rings. The number of nitriles is 1. The van der Waals surface area contributed by atoms with Gasteiger partial charge in [0.15, 0.2) is 0 Å². The van der Waals surface area contributed by atoms with E-state index in [0.717, 1.165) is 24.2 Å². The Bertz CT molecular complexity index is 645. The van der Waals surface area contributed by atoms with Gasteiger partial charge in [-0.25, -0.2) is 13.1 Å². The van der Waals surface area contributed by atoms with Gasteiger partial charge in [0.25, 0.3) is 0 Å². The van der Waals surface area contributed by atoms with E-state index in [9.17, 15) is 8.42 Å². The molecule has 0 amide bonds. The van der Waals surface area contributed by atoms with E-state index in [2.05, 4.69) is 10.8 Å². The van der Waals surface area contributed by atoms with Gasteiger partial charge in [-0.15, -0.1) is 0 Å². The minimum Gasteiger partial charge on any atom is -0.493 e. The number of hydrogen-bond acceptors (Lipinski definition) is 4. The molecule has 0 radical (unpaired) electrons. The Balaban J connectivity index is 2.20. The van der Waals surface area contributed by atoms with Gasteiger partial charge in [-0.3, -0.25) is 0 Å². The van der Waals surface area contributed by atoms with Gasteiger partial charge in [0.2, 0.25) is 10.0 Å². The average molecular weight is 294 g/mol. The summed E-state index contributed by atoms with van der Waals surface area (Å²) >= 11 is 0. The second-order valence-corrected chi connectivity index (χ2v) is 7.31.